The van der Waals surface area contributed by atoms with Gasteiger partial charge in [0, 0.05) is 25.2 Å². The average molecular weight is 463 g/mol. The van der Waals surface area contributed by atoms with E-state index in [9.17, 15) is 24.3 Å². The number of rotatable bonds is 3. The summed E-state index contributed by atoms with van der Waals surface area (Å²) in [5.74, 6) is -3.39. The molecule has 5 unspecified atom stereocenters. The molecule has 0 spiro atoms. The fourth-order valence-corrected chi connectivity index (χ4v) is 4.86. The van der Waals surface area contributed by atoms with Gasteiger partial charge in [-0.2, -0.15) is 0 Å². The number of Topliss-reactive ketones (excluding diaryl/α,β-unsaturated/α-hetero) is 2. The number of hydrogen-bond donors (Lipinski definition) is 1. The van der Waals surface area contributed by atoms with Crippen LogP contribution in [0, 0.1) is 23.2 Å². The quantitative estimate of drug-likeness (QED) is 0.503. The molecule has 0 aromatic carbocycles. The van der Waals surface area contributed by atoms with E-state index < -0.39 is 52.8 Å². The summed E-state index contributed by atoms with van der Waals surface area (Å²) in [5.41, 5.74) is -1.72. The van der Waals surface area contributed by atoms with Crippen molar-refractivity contribution in [1.29, 1.82) is 0 Å². The van der Waals surface area contributed by atoms with Crippen molar-refractivity contribution in [3.8, 4) is 0 Å². The SMILES string of the molecule is C=C1CCC(=O)C(C)(C)CC=C(C)C(=O)C2(OC(C)=O)CC(C)C(OC(=O)C(C)C)C2C1O. The highest BCUT2D eigenvalue weighted by Crippen LogP contribution is 2.49. The molecule has 0 aliphatic heterocycles. The summed E-state index contributed by atoms with van der Waals surface area (Å²) >= 11 is 0. The number of allylic oxidation sites excluding steroid dienone is 1. The molecule has 2 rings (SSSR count). The van der Waals surface area contributed by atoms with Crippen molar-refractivity contribution < 1.29 is 33.8 Å². The van der Waals surface area contributed by atoms with E-state index in [1.165, 1.54) is 6.92 Å². The predicted molar refractivity (Wildman–Crippen MR) is 123 cm³/mol. The highest BCUT2D eigenvalue weighted by Gasteiger charge is 2.63. The molecule has 2 aliphatic rings. The smallest absolute Gasteiger partial charge is 0.308 e. The van der Waals surface area contributed by atoms with Gasteiger partial charge in [-0.05, 0) is 36.8 Å². The minimum absolute atomic E-state index is 0.00162. The van der Waals surface area contributed by atoms with Crippen molar-refractivity contribution in [3.63, 3.8) is 0 Å². The van der Waals surface area contributed by atoms with Crippen LogP contribution in [0.5, 0.6) is 0 Å². The van der Waals surface area contributed by atoms with E-state index in [4.69, 9.17) is 9.47 Å². The molecule has 1 N–H and O–H groups in total. The number of esters is 2. The number of aliphatic hydroxyl groups excluding tert-OH is 1. The molecule has 0 bridgehead atoms. The lowest BCUT2D eigenvalue weighted by Gasteiger charge is -2.39. The Hall–Kier alpha value is -2.28. The van der Waals surface area contributed by atoms with Crippen molar-refractivity contribution >= 4 is 23.5 Å². The normalized spacial score (nSPS) is 33.0. The molecule has 5 atom stereocenters. The summed E-state index contributed by atoms with van der Waals surface area (Å²) in [6.07, 6.45) is 0.368. The number of ether oxygens (including phenoxy) is 2. The van der Waals surface area contributed by atoms with E-state index in [1.807, 2.05) is 20.8 Å². The van der Waals surface area contributed by atoms with Crippen LogP contribution in [0.4, 0.5) is 0 Å². The third kappa shape index (κ3) is 5.45. The van der Waals surface area contributed by atoms with Gasteiger partial charge in [0.2, 0.25) is 5.78 Å². The van der Waals surface area contributed by atoms with Crippen molar-refractivity contribution in [3.05, 3.63) is 23.8 Å². The lowest BCUT2D eigenvalue weighted by atomic mass is 9.74. The second kappa shape index (κ2) is 9.92. The molecule has 0 heterocycles. The van der Waals surface area contributed by atoms with E-state index in [0.29, 0.717) is 17.6 Å². The van der Waals surface area contributed by atoms with Crippen LogP contribution >= 0.6 is 0 Å². The number of hydrogen-bond acceptors (Lipinski definition) is 7. The minimum atomic E-state index is -1.70. The summed E-state index contributed by atoms with van der Waals surface area (Å²) in [5, 5.41) is 11.4. The molecule has 7 nitrogen and oxygen atoms in total. The predicted octanol–water partition coefficient (Wildman–Crippen LogP) is 3.72. The van der Waals surface area contributed by atoms with Crippen LogP contribution in [-0.2, 0) is 28.7 Å². The topological polar surface area (TPSA) is 107 Å². The molecule has 184 valence electrons. The Kier molecular flexibility index (Phi) is 8.10. The molecule has 7 heteroatoms. The van der Waals surface area contributed by atoms with E-state index >= 15 is 0 Å². The van der Waals surface area contributed by atoms with E-state index in [2.05, 4.69) is 6.58 Å². The fraction of sp³-hybridized carbons (Fsp3) is 0.692. The maximum absolute atomic E-state index is 13.8. The summed E-state index contributed by atoms with van der Waals surface area (Å²) in [4.78, 5) is 51.3. The number of carbonyl (C=O) groups is 4. The molecule has 1 saturated carbocycles. The summed E-state index contributed by atoms with van der Waals surface area (Å²) in [6, 6.07) is 0. The first-order valence-electron chi connectivity index (χ1n) is 11.6. The highest BCUT2D eigenvalue weighted by atomic mass is 16.6. The van der Waals surface area contributed by atoms with Gasteiger partial charge in [-0.3, -0.25) is 19.2 Å². The largest absolute Gasteiger partial charge is 0.461 e. The number of aliphatic hydroxyl groups is 1. The fourth-order valence-electron chi connectivity index (χ4n) is 4.86. The zero-order chi connectivity index (χ0) is 25.3. The van der Waals surface area contributed by atoms with Crippen molar-refractivity contribution in [2.75, 3.05) is 0 Å². The third-order valence-electron chi connectivity index (χ3n) is 6.98. The molecule has 0 radical (unpaired) electrons. The van der Waals surface area contributed by atoms with Gasteiger partial charge in [0.25, 0.3) is 0 Å². The van der Waals surface area contributed by atoms with Crippen LogP contribution in [0.15, 0.2) is 23.8 Å². The molecule has 0 saturated heterocycles. The van der Waals surface area contributed by atoms with Crippen LogP contribution in [-0.4, -0.2) is 46.4 Å². The lowest BCUT2D eigenvalue weighted by Crippen LogP contribution is -2.54. The Morgan fingerprint density at radius 2 is 1.82 bits per heavy atom. The standard InChI is InChI=1S/C26H38O7/c1-14(2)24(31)32-22-17(5)13-26(33-18(6)27)20(22)21(29)15(3)9-10-19(28)25(7,8)12-11-16(4)23(26)30/h11,14,17,20-22,29H,3,9-10,12-13H2,1-2,4-8H3. The van der Waals surface area contributed by atoms with Crippen LogP contribution < -0.4 is 0 Å². The van der Waals surface area contributed by atoms with Crippen LogP contribution in [0.25, 0.3) is 0 Å². The number of fused-ring (bicyclic) bond motifs is 1. The van der Waals surface area contributed by atoms with Crippen molar-refractivity contribution in [1.82, 2.24) is 0 Å². The monoisotopic (exact) mass is 462 g/mol. The first-order valence-corrected chi connectivity index (χ1v) is 11.6. The maximum atomic E-state index is 13.8. The van der Waals surface area contributed by atoms with E-state index in [-0.39, 0.29) is 31.0 Å². The first-order chi connectivity index (χ1) is 15.1. The zero-order valence-corrected chi connectivity index (χ0v) is 20.9. The Labute approximate surface area is 196 Å². The van der Waals surface area contributed by atoms with Gasteiger partial charge in [0.05, 0.1) is 17.9 Å². The van der Waals surface area contributed by atoms with Crippen LogP contribution in [0.3, 0.4) is 0 Å². The van der Waals surface area contributed by atoms with Gasteiger partial charge in [-0.25, -0.2) is 0 Å². The Morgan fingerprint density at radius 3 is 2.36 bits per heavy atom. The number of carbonyl (C=O) groups excluding carboxylic acids is 4. The Bertz CT molecular complexity index is 866. The minimum Gasteiger partial charge on any atom is -0.461 e. The molecule has 0 aromatic heterocycles. The lowest BCUT2D eigenvalue weighted by molar-refractivity contribution is -0.179. The first kappa shape index (κ1) is 27.0. The molecule has 1 fully saturated rings. The Balaban J connectivity index is 2.70. The average Bonchev–Trinajstić information content (AvgIpc) is 2.99. The Morgan fingerprint density at radius 1 is 1.21 bits per heavy atom. The van der Waals surface area contributed by atoms with E-state index in [0.717, 1.165) is 0 Å². The van der Waals surface area contributed by atoms with Gasteiger partial charge in [0.15, 0.2) is 5.60 Å². The summed E-state index contributed by atoms with van der Waals surface area (Å²) in [7, 11) is 0. The summed E-state index contributed by atoms with van der Waals surface area (Å²) in [6.45, 7) is 15.7. The molecular formula is C26H38O7. The molecular weight excluding hydrogens is 424 g/mol. The summed E-state index contributed by atoms with van der Waals surface area (Å²) < 4.78 is 11.5. The molecule has 33 heavy (non-hydrogen) atoms. The van der Waals surface area contributed by atoms with Crippen molar-refractivity contribution in [2.24, 2.45) is 23.2 Å². The van der Waals surface area contributed by atoms with Gasteiger partial charge in [0.1, 0.15) is 11.9 Å². The number of ketones is 2. The van der Waals surface area contributed by atoms with Gasteiger partial charge < -0.3 is 14.6 Å². The highest BCUT2D eigenvalue weighted by molar-refractivity contribution is 6.03. The third-order valence-corrected chi connectivity index (χ3v) is 6.98. The van der Waals surface area contributed by atoms with Gasteiger partial charge in [-0.15, -0.1) is 0 Å². The zero-order valence-electron chi connectivity index (χ0n) is 20.9. The van der Waals surface area contributed by atoms with Crippen molar-refractivity contribution in [2.45, 2.75) is 92.0 Å². The van der Waals surface area contributed by atoms with Gasteiger partial charge >= 0.3 is 11.9 Å². The molecule has 0 aromatic rings. The maximum Gasteiger partial charge on any atom is 0.308 e. The second-order valence-corrected chi connectivity index (χ2v) is 10.6. The van der Waals surface area contributed by atoms with Crippen LogP contribution in [0.2, 0.25) is 0 Å². The van der Waals surface area contributed by atoms with Gasteiger partial charge in [-0.1, -0.05) is 47.3 Å². The molecule has 2 aliphatic carbocycles. The van der Waals surface area contributed by atoms with E-state index in [1.54, 1.807) is 26.8 Å². The second-order valence-electron chi connectivity index (χ2n) is 10.6. The molecule has 0 amide bonds. The van der Waals surface area contributed by atoms with Crippen LogP contribution in [0.1, 0.15) is 74.1 Å².